The van der Waals surface area contributed by atoms with Crippen molar-refractivity contribution < 1.29 is 9.53 Å². The zero-order chi connectivity index (χ0) is 15.6. The average Bonchev–Trinajstić information content (AvgIpc) is 2.78. The minimum absolute atomic E-state index is 0.119. The summed E-state index contributed by atoms with van der Waals surface area (Å²) in [6.45, 7) is 7.62. The first-order valence-electron chi connectivity index (χ1n) is 6.74. The van der Waals surface area contributed by atoms with Crippen molar-refractivity contribution in [3.05, 3.63) is 40.1 Å². The highest BCUT2D eigenvalue weighted by Crippen LogP contribution is 2.17. The van der Waals surface area contributed by atoms with Crippen LogP contribution >= 0.6 is 11.3 Å². The zero-order valence-corrected chi connectivity index (χ0v) is 13.8. The topological polar surface area (TPSA) is 43.6 Å². The molecule has 0 fully saturated rings. The van der Waals surface area contributed by atoms with Crippen LogP contribution in [0.5, 0.6) is 5.75 Å². The van der Waals surface area contributed by atoms with Crippen molar-refractivity contribution in [2.45, 2.75) is 27.7 Å². The van der Waals surface area contributed by atoms with Crippen molar-refractivity contribution >= 4 is 17.2 Å². The molecule has 0 bridgehead atoms. The summed E-state index contributed by atoms with van der Waals surface area (Å²) in [4.78, 5) is 18.2. The van der Waals surface area contributed by atoms with Gasteiger partial charge in [0, 0.05) is 22.2 Å². The van der Waals surface area contributed by atoms with Gasteiger partial charge in [0.2, 0.25) is 0 Å². The van der Waals surface area contributed by atoms with Crippen LogP contribution < -0.4 is 9.54 Å². The number of benzene rings is 1. The van der Waals surface area contributed by atoms with E-state index in [1.54, 1.807) is 7.11 Å². The van der Waals surface area contributed by atoms with Crippen molar-refractivity contribution in [3.63, 3.8) is 0 Å². The van der Waals surface area contributed by atoms with Crippen molar-refractivity contribution in [1.82, 2.24) is 4.57 Å². The third-order valence-electron chi connectivity index (χ3n) is 2.96. The molecular weight excluding hydrogens is 284 g/mol. The van der Waals surface area contributed by atoms with Gasteiger partial charge in [-0.2, -0.15) is 4.99 Å². The number of carbonyl (C=O) groups is 1. The first kappa shape index (κ1) is 15.5. The van der Waals surface area contributed by atoms with Crippen molar-refractivity contribution in [3.8, 4) is 11.4 Å². The van der Waals surface area contributed by atoms with Gasteiger partial charge >= 0.3 is 0 Å². The Labute approximate surface area is 128 Å². The van der Waals surface area contributed by atoms with Gasteiger partial charge in [0.15, 0.2) is 4.80 Å². The number of thiazole rings is 1. The quantitative estimate of drug-likeness (QED) is 0.854. The van der Waals surface area contributed by atoms with E-state index in [1.807, 2.05) is 62.7 Å². The van der Waals surface area contributed by atoms with Crippen molar-refractivity contribution in [1.29, 1.82) is 0 Å². The Kier molecular flexibility index (Phi) is 4.32. The highest BCUT2D eigenvalue weighted by atomic mass is 32.1. The smallest absolute Gasteiger partial charge is 0.253 e. The molecule has 112 valence electrons. The molecule has 0 unspecified atom stereocenters. The first-order valence-corrected chi connectivity index (χ1v) is 7.55. The SMILES string of the molecule is COc1ccc(-n2cc(C)s/c2=N\C(=O)C(C)(C)C)cc1. The highest BCUT2D eigenvalue weighted by molar-refractivity contribution is 7.09. The van der Waals surface area contributed by atoms with Gasteiger partial charge in [-0.1, -0.05) is 20.8 Å². The summed E-state index contributed by atoms with van der Waals surface area (Å²) in [7, 11) is 1.64. The average molecular weight is 304 g/mol. The Morgan fingerprint density at radius 3 is 2.38 bits per heavy atom. The maximum atomic E-state index is 12.1. The molecular formula is C16H20N2O2S. The number of hydrogen-bond acceptors (Lipinski definition) is 3. The maximum Gasteiger partial charge on any atom is 0.253 e. The molecule has 0 atom stereocenters. The van der Waals surface area contributed by atoms with Crippen LogP contribution in [0.1, 0.15) is 25.6 Å². The second kappa shape index (κ2) is 5.85. The third-order valence-corrected chi connectivity index (χ3v) is 3.86. The molecule has 0 N–H and O–H groups in total. The number of methoxy groups -OCH3 is 1. The molecule has 2 rings (SSSR count). The second-order valence-electron chi connectivity index (χ2n) is 5.86. The summed E-state index contributed by atoms with van der Waals surface area (Å²) < 4.78 is 7.10. The lowest BCUT2D eigenvalue weighted by Gasteiger charge is -2.12. The van der Waals surface area contributed by atoms with E-state index >= 15 is 0 Å². The van der Waals surface area contributed by atoms with Crippen molar-refractivity contribution in [2.24, 2.45) is 10.4 Å². The summed E-state index contributed by atoms with van der Waals surface area (Å²) in [5.74, 6) is 0.683. The molecule has 21 heavy (non-hydrogen) atoms. The maximum absolute atomic E-state index is 12.1. The molecule has 1 aromatic carbocycles. The molecule has 1 amide bonds. The number of aromatic nitrogens is 1. The largest absolute Gasteiger partial charge is 0.497 e. The van der Waals surface area contributed by atoms with Crippen LogP contribution in [0.15, 0.2) is 35.5 Å². The van der Waals surface area contributed by atoms with E-state index < -0.39 is 5.41 Å². The third kappa shape index (κ3) is 3.61. The monoisotopic (exact) mass is 304 g/mol. The normalized spacial score (nSPS) is 12.5. The number of hydrogen-bond donors (Lipinski definition) is 0. The van der Waals surface area contributed by atoms with E-state index in [1.165, 1.54) is 11.3 Å². The number of aryl methyl sites for hydroxylation is 1. The Morgan fingerprint density at radius 1 is 1.24 bits per heavy atom. The second-order valence-corrected chi connectivity index (χ2v) is 7.07. The summed E-state index contributed by atoms with van der Waals surface area (Å²) in [5.41, 5.74) is 0.482. The number of ether oxygens (including phenoxy) is 1. The first-order chi connectivity index (χ1) is 9.81. The standard InChI is InChI=1S/C16H20N2O2S/c1-11-10-18(12-6-8-13(20-5)9-7-12)15(21-11)17-14(19)16(2,3)4/h6-10H,1-5H3/b17-15-. The van der Waals surface area contributed by atoms with E-state index in [0.717, 1.165) is 16.3 Å². The number of carbonyl (C=O) groups excluding carboxylic acids is 1. The van der Waals surface area contributed by atoms with Gasteiger partial charge < -0.3 is 4.74 Å². The minimum atomic E-state index is -0.477. The number of rotatable bonds is 2. The number of amides is 1. The zero-order valence-electron chi connectivity index (χ0n) is 13.0. The molecule has 1 aromatic heterocycles. The molecule has 4 nitrogen and oxygen atoms in total. The molecule has 0 aliphatic carbocycles. The Hall–Kier alpha value is -1.88. The van der Waals surface area contributed by atoms with Gasteiger partial charge in [0.25, 0.3) is 5.91 Å². The lowest BCUT2D eigenvalue weighted by molar-refractivity contribution is -0.125. The highest BCUT2D eigenvalue weighted by Gasteiger charge is 2.20. The number of nitrogens with zero attached hydrogens (tertiary/aromatic N) is 2. The van der Waals surface area contributed by atoms with Crippen LogP contribution in [0.25, 0.3) is 5.69 Å². The molecule has 5 heteroatoms. The minimum Gasteiger partial charge on any atom is -0.497 e. The lowest BCUT2D eigenvalue weighted by atomic mass is 9.96. The van der Waals surface area contributed by atoms with Crippen LogP contribution in [0, 0.1) is 12.3 Å². The van der Waals surface area contributed by atoms with Crippen LogP contribution in [-0.4, -0.2) is 17.6 Å². The molecule has 0 saturated carbocycles. The van der Waals surface area contributed by atoms with Crippen LogP contribution in [0.4, 0.5) is 0 Å². The summed E-state index contributed by atoms with van der Waals surface area (Å²) in [6.07, 6.45) is 1.99. The predicted octanol–water partition coefficient (Wildman–Crippen LogP) is 3.33. The van der Waals surface area contributed by atoms with Crippen molar-refractivity contribution in [2.75, 3.05) is 7.11 Å². The Balaban J connectivity index is 2.50. The van der Waals surface area contributed by atoms with Gasteiger partial charge in [-0.3, -0.25) is 9.36 Å². The van der Waals surface area contributed by atoms with Gasteiger partial charge in [-0.05, 0) is 31.2 Å². The van der Waals surface area contributed by atoms with E-state index in [4.69, 9.17) is 4.74 Å². The van der Waals surface area contributed by atoms with E-state index in [0.29, 0.717) is 4.80 Å². The van der Waals surface area contributed by atoms with E-state index in [9.17, 15) is 4.79 Å². The molecule has 0 aliphatic heterocycles. The van der Waals surface area contributed by atoms with E-state index in [2.05, 4.69) is 4.99 Å². The fourth-order valence-electron chi connectivity index (χ4n) is 1.72. The van der Waals surface area contributed by atoms with Crippen LogP contribution in [0.3, 0.4) is 0 Å². The molecule has 1 heterocycles. The van der Waals surface area contributed by atoms with Gasteiger partial charge in [0.05, 0.1) is 7.11 Å². The van der Waals surface area contributed by atoms with Crippen LogP contribution in [0.2, 0.25) is 0 Å². The van der Waals surface area contributed by atoms with Gasteiger partial charge in [-0.15, -0.1) is 11.3 Å². The Bertz CT molecular complexity index is 703. The molecule has 0 saturated heterocycles. The van der Waals surface area contributed by atoms with E-state index in [-0.39, 0.29) is 5.91 Å². The summed E-state index contributed by atoms with van der Waals surface area (Å²) >= 11 is 1.51. The fourth-order valence-corrected chi connectivity index (χ4v) is 2.55. The summed E-state index contributed by atoms with van der Waals surface area (Å²) in [5, 5.41) is 0. The van der Waals surface area contributed by atoms with Gasteiger partial charge in [-0.25, -0.2) is 0 Å². The van der Waals surface area contributed by atoms with Crippen LogP contribution in [-0.2, 0) is 4.79 Å². The lowest BCUT2D eigenvalue weighted by Crippen LogP contribution is -2.22. The molecule has 0 aliphatic rings. The molecule has 2 aromatic rings. The summed E-state index contributed by atoms with van der Waals surface area (Å²) in [6, 6.07) is 7.69. The molecule has 0 radical (unpaired) electrons. The molecule has 0 spiro atoms. The van der Waals surface area contributed by atoms with Gasteiger partial charge in [0.1, 0.15) is 5.75 Å². The fraction of sp³-hybridized carbons (Fsp3) is 0.375. The predicted molar refractivity (Wildman–Crippen MR) is 85.0 cm³/mol. The Morgan fingerprint density at radius 2 is 1.86 bits per heavy atom.